The molecule has 5 nitrogen and oxygen atoms in total. The molecule has 0 amide bonds. The number of hydrogen-bond donors (Lipinski definition) is 0. The van der Waals surface area contributed by atoms with Crippen molar-refractivity contribution in [3.63, 3.8) is 0 Å². The van der Waals surface area contributed by atoms with E-state index in [-0.39, 0.29) is 5.41 Å². The van der Waals surface area contributed by atoms with Gasteiger partial charge in [0.25, 0.3) is 0 Å². The first kappa shape index (κ1) is 16.1. The first-order valence-corrected chi connectivity index (χ1v) is 6.56. The fraction of sp³-hybridized carbons (Fsp3) is 0.692. The fourth-order valence-corrected chi connectivity index (χ4v) is 1.43. The van der Waals surface area contributed by atoms with Gasteiger partial charge in [0.15, 0.2) is 0 Å². The van der Waals surface area contributed by atoms with Gasteiger partial charge in [0.05, 0.1) is 19.8 Å². The van der Waals surface area contributed by atoms with Gasteiger partial charge in [-0.1, -0.05) is 32.4 Å². The third-order valence-corrected chi connectivity index (χ3v) is 2.45. The topological polar surface area (TPSA) is 53.5 Å². The van der Waals surface area contributed by atoms with Gasteiger partial charge in [0.2, 0.25) is 5.88 Å². The summed E-state index contributed by atoms with van der Waals surface area (Å²) in [5, 5.41) is 0.384. The van der Waals surface area contributed by atoms with Gasteiger partial charge in [-0.05, 0) is 0 Å². The minimum atomic E-state index is -0.169. The van der Waals surface area contributed by atoms with Crippen molar-refractivity contribution in [1.29, 1.82) is 0 Å². The largest absolute Gasteiger partial charge is 0.475 e. The summed E-state index contributed by atoms with van der Waals surface area (Å²) >= 11 is 5.96. The maximum absolute atomic E-state index is 5.96. The molecule has 0 saturated heterocycles. The van der Waals surface area contributed by atoms with Crippen LogP contribution in [0.3, 0.4) is 0 Å². The number of aromatic nitrogens is 2. The lowest BCUT2D eigenvalue weighted by Crippen LogP contribution is -2.17. The molecule has 1 aromatic heterocycles. The number of halogens is 1. The van der Waals surface area contributed by atoms with Gasteiger partial charge in [-0.25, -0.2) is 4.98 Å². The van der Waals surface area contributed by atoms with Crippen LogP contribution in [-0.2, 0) is 14.9 Å². The van der Waals surface area contributed by atoms with Crippen molar-refractivity contribution in [3.8, 4) is 5.88 Å². The van der Waals surface area contributed by atoms with Gasteiger partial charge in [-0.2, -0.15) is 4.98 Å². The van der Waals surface area contributed by atoms with Crippen molar-refractivity contribution in [2.75, 3.05) is 33.5 Å². The summed E-state index contributed by atoms with van der Waals surface area (Å²) in [4.78, 5) is 8.54. The molecule has 0 atom stereocenters. The lowest BCUT2D eigenvalue weighted by Gasteiger charge is -2.17. The van der Waals surface area contributed by atoms with E-state index in [1.54, 1.807) is 13.2 Å². The molecule has 1 aromatic rings. The SMILES string of the molecule is COCCOCCOc1cc(Cl)nc(C(C)(C)C)n1. The van der Waals surface area contributed by atoms with E-state index < -0.39 is 0 Å². The van der Waals surface area contributed by atoms with Crippen LogP contribution >= 0.6 is 11.6 Å². The molecular formula is C13H21ClN2O3. The summed E-state index contributed by atoms with van der Waals surface area (Å²) in [6.07, 6.45) is 0. The van der Waals surface area contributed by atoms with Crippen LogP contribution in [0.25, 0.3) is 0 Å². The zero-order valence-corrected chi connectivity index (χ0v) is 12.7. The van der Waals surface area contributed by atoms with Crippen LogP contribution in [0.5, 0.6) is 5.88 Å². The zero-order chi connectivity index (χ0) is 14.3. The number of nitrogens with zero attached hydrogens (tertiary/aromatic N) is 2. The van der Waals surface area contributed by atoms with Gasteiger partial charge in [-0.15, -0.1) is 0 Å². The Kier molecular flexibility index (Phi) is 6.48. The molecule has 6 heteroatoms. The van der Waals surface area contributed by atoms with Gasteiger partial charge in [0, 0.05) is 18.6 Å². The second-order valence-corrected chi connectivity index (χ2v) is 5.44. The first-order chi connectivity index (χ1) is 8.93. The Morgan fingerprint density at radius 1 is 1.11 bits per heavy atom. The predicted octanol–water partition coefficient (Wildman–Crippen LogP) is 2.47. The highest BCUT2D eigenvalue weighted by Crippen LogP contribution is 2.23. The summed E-state index contributed by atoms with van der Waals surface area (Å²) in [5.74, 6) is 1.13. The summed E-state index contributed by atoms with van der Waals surface area (Å²) in [6.45, 7) is 8.10. The van der Waals surface area contributed by atoms with Crippen molar-refractivity contribution in [2.45, 2.75) is 26.2 Å². The molecule has 0 fully saturated rings. The normalized spacial score (nSPS) is 11.6. The van der Waals surface area contributed by atoms with Crippen molar-refractivity contribution >= 4 is 11.6 Å². The number of methoxy groups -OCH3 is 1. The molecule has 0 N–H and O–H groups in total. The van der Waals surface area contributed by atoms with E-state index in [2.05, 4.69) is 9.97 Å². The number of ether oxygens (including phenoxy) is 3. The molecule has 108 valence electrons. The van der Waals surface area contributed by atoms with Crippen molar-refractivity contribution < 1.29 is 14.2 Å². The Hall–Kier alpha value is -0.910. The third-order valence-electron chi connectivity index (χ3n) is 2.25. The molecular weight excluding hydrogens is 268 g/mol. The fourth-order valence-electron chi connectivity index (χ4n) is 1.26. The average molecular weight is 289 g/mol. The Balaban J connectivity index is 2.48. The van der Waals surface area contributed by atoms with E-state index in [1.807, 2.05) is 20.8 Å². The van der Waals surface area contributed by atoms with Gasteiger partial charge >= 0.3 is 0 Å². The van der Waals surface area contributed by atoms with Gasteiger partial charge < -0.3 is 14.2 Å². The van der Waals surface area contributed by atoms with E-state index in [9.17, 15) is 0 Å². The van der Waals surface area contributed by atoms with E-state index in [4.69, 9.17) is 25.8 Å². The molecule has 0 aromatic carbocycles. The maximum Gasteiger partial charge on any atom is 0.218 e. The molecule has 0 radical (unpaired) electrons. The smallest absolute Gasteiger partial charge is 0.218 e. The standard InChI is InChI=1S/C13H21ClN2O3/c1-13(2,3)12-15-10(14)9-11(16-12)19-8-7-18-6-5-17-4/h9H,5-8H2,1-4H3. The lowest BCUT2D eigenvalue weighted by atomic mass is 9.96. The Bertz CT molecular complexity index is 394. The molecule has 1 heterocycles. The van der Waals surface area contributed by atoms with Crippen molar-refractivity contribution in [1.82, 2.24) is 9.97 Å². The Morgan fingerprint density at radius 3 is 2.42 bits per heavy atom. The van der Waals surface area contributed by atoms with E-state index >= 15 is 0 Å². The highest BCUT2D eigenvalue weighted by Gasteiger charge is 2.19. The highest BCUT2D eigenvalue weighted by atomic mass is 35.5. The minimum Gasteiger partial charge on any atom is -0.475 e. The van der Waals surface area contributed by atoms with Crippen LogP contribution in [0.1, 0.15) is 26.6 Å². The maximum atomic E-state index is 5.96. The lowest BCUT2D eigenvalue weighted by molar-refractivity contribution is 0.0536. The van der Waals surface area contributed by atoms with Crippen LogP contribution in [0.4, 0.5) is 0 Å². The van der Waals surface area contributed by atoms with Crippen LogP contribution < -0.4 is 4.74 Å². The molecule has 0 aliphatic heterocycles. The zero-order valence-electron chi connectivity index (χ0n) is 11.9. The quantitative estimate of drug-likeness (QED) is 0.570. The third kappa shape index (κ3) is 6.18. The van der Waals surface area contributed by atoms with Crippen LogP contribution in [0.2, 0.25) is 5.15 Å². The first-order valence-electron chi connectivity index (χ1n) is 6.18. The van der Waals surface area contributed by atoms with Crippen LogP contribution in [0.15, 0.2) is 6.07 Å². The second kappa shape index (κ2) is 7.62. The van der Waals surface area contributed by atoms with E-state index in [0.717, 1.165) is 0 Å². The summed E-state index contributed by atoms with van der Waals surface area (Å²) in [6, 6.07) is 1.60. The second-order valence-electron chi connectivity index (χ2n) is 5.06. The summed E-state index contributed by atoms with van der Waals surface area (Å²) in [7, 11) is 1.64. The van der Waals surface area contributed by atoms with Crippen molar-refractivity contribution in [3.05, 3.63) is 17.0 Å². The van der Waals surface area contributed by atoms with Crippen LogP contribution in [0, 0.1) is 0 Å². The monoisotopic (exact) mass is 288 g/mol. The highest BCUT2D eigenvalue weighted by molar-refractivity contribution is 6.29. The molecule has 19 heavy (non-hydrogen) atoms. The Labute approximate surface area is 119 Å². The molecule has 0 spiro atoms. The molecule has 0 unspecified atom stereocenters. The van der Waals surface area contributed by atoms with Crippen molar-refractivity contribution in [2.24, 2.45) is 0 Å². The summed E-state index contributed by atoms with van der Waals surface area (Å²) in [5.41, 5.74) is -0.169. The molecule has 0 aliphatic carbocycles. The average Bonchev–Trinajstić information content (AvgIpc) is 2.32. The van der Waals surface area contributed by atoms with Gasteiger partial charge in [-0.3, -0.25) is 0 Å². The summed E-state index contributed by atoms with van der Waals surface area (Å²) < 4.78 is 15.7. The number of rotatable bonds is 7. The molecule has 1 rings (SSSR count). The molecule has 0 bridgehead atoms. The van der Waals surface area contributed by atoms with Crippen LogP contribution in [-0.4, -0.2) is 43.5 Å². The Morgan fingerprint density at radius 2 is 1.79 bits per heavy atom. The van der Waals surface area contributed by atoms with E-state index in [0.29, 0.717) is 43.3 Å². The number of hydrogen-bond acceptors (Lipinski definition) is 5. The minimum absolute atomic E-state index is 0.169. The van der Waals surface area contributed by atoms with Gasteiger partial charge in [0.1, 0.15) is 17.6 Å². The predicted molar refractivity (Wildman–Crippen MR) is 73.9 cm³/mol. The van der Waals surface area contributed by atoms with E-state index in [1.165, 1.54) is 0 Å². The molecule has 0 saturated carbocycles. The molecule has 0 aliphatic rings.